The molecule has 1 atom stereocenters. The second-order valence-corrected chi connectivity index (χ2v) is 8.16. The lowest BCUT2D eigenvalue weighted by Crippen LogP contribution is -2.42. The van der Waals surface area contributed by atoms with E-state index in [-0.39, 0.29) is 29.8 Å². The molecule has 2 saturated carbocycles. The summed E-state index contributed by atoms with van der Waals surface area (Å²) < 4.78 is 0. The second kappa shape index (κ2) is 8.32. The maximum absolute atomic E-state index is 12.5. The van der Waals surface area contributed by atoms with Gasteiger partial charge in [-0.25, -0.2) is 0 Å². The maximum Gasteiger partial charge on any atom is 0.225 e. The average Bonchev–Trinajstić information content (AvgIpc) is 3.02. The highest BCUT2D eigenvalue weighted by molar-refractivity contribution is 5.79. The molecule has 0 aromatic rings. The monoisotopic (exact) mass is 335 g/mol. The van der Waals surface area contributed by atoms with Crippen molar-refractivity contribution >= 4 is 11.8 Å². The summed E-state index contributed by atoms with van der Waals surface area (Å²) in [5.74, 6) is 1.25. The summed E-state index contributed by atoms with van der Waals surface area (Å²) in [5, 5.41) is 3.22. The van der Waals surface area contributed by atoms with E-state index in [1.165, 1.54) is 32.1 Å². The van der Waals surface area contributed by atoms with E-state index in [1.54, 1.807) is 0 Å². The molecule has 0 radical (unpaired) electrons. The fourth-order valence-electron chi connectivity index (χ4n) is 4.67. The Kier molecular flexibility index (Phi) is 6.14. The van der Waals surface area contributed by atoms with Crippen LogP contribution in [0.2, 0.25) is 0 Å². The minimum Gasteiger partial charge on any atom is -0.353 e. The standard InChI is InChI=1S/C19H33N3O2/c20-16-10-11-22(13-16)19(24)15-6-8-17(9-7-15)21-18(23)12-14-4-2-1-3-5-14/h14-17H,1-13,20H2,(H,21,23)/t15?,16-,17?/m1/s1. The van der Waals surface area contributed by atoms with Crippen molar-refractivity contribution in [2.45, 2.75) is 82.7 Å². The molecule has 0 unspecified atom stereocenters. The number of hydrogen-bond donors (Lipinski definition) is 2. The Morgan fingerprint density at radius 3 is 2.29 bits per heavy atom. The van der Waals surface area contributed by atoms with Gasteiger partial charge < -0.3 is 16.0 Å². The van der Waals surface area contributed by atoms with E-state index in [0.717, 1.165) is 45.2 Å². The molecule has 3 fully saturated rings. The Hall–Kier alpha value is -1.10. The summed E-state index contributed by atoms with van der Waals surface area (Å²) in [6, 6.07) is 0.426. The first-order valence-corrected chi connectivity index (χ1v) is 9.95. The van der Waals surface area contributed by atoms with Crippen LogP contribution in [0.25, 0.3) is 0 Å². The normalized spacial score (nSPS) is 31.9. The van der Waals surface area contributed by atoms with E-state index in [4.69, 9.17) is 5.73 Å². The molecule has 136 valence electrons. The van der Waals surface area contributed by atoms with Gasteiger partial charge in [-0.15, -0.1) is 0 Å². The van der Waals surface area contributed by atoms with Gasteiger partial charge in [-0.3, -0.25) is 9.59 Å². The molecule has 2 aliphatic carbocycles. The Labute approximate surface area is 145 Å². The number of likely N-dealkylation sites (tertiary alicyclic amines) is 1. The van der Waals surface area contributed by atoms with Crippen molar-refractivity contribution in [3.05, 3.63) is 0 Å². The van der Waals surface area contributed by atoms with Gasteiger partial charge in [0.1, 0.15) is 0 Å². The lowest BCUT2D eigenvalue weighted by molar-refractivity contribution is -0.135. The second-order valence-electron chi connectivity index (χ2n) is 8.16. The van der Waals surface area contributed by atoms with E-state index in [1.807, 2.05) is 4.90 Å². The van der Waals surface area contributed by atoms with Crippen molar-refractivity contribution in [2.75, 3.05) is 13.1 Å². The van der Waals surface area contributed by atoms with Gasteiger partial charge in [-0.2, -0.15) is 0 Å². The molecule has 3 N–H and O–H groups in total. The lowest BCUT2D eigenvalue weighted by Gasteiger charge is -2.31. The van der Waals surface area contributed by atoms with Crippen molar-refractivity contribution in [3.8, 4) is 0 Å². The van der Waals surface area contributed by atoms with Crippen LogP contribution in [0.5, 0.6) is 0 Å². The zero-order valence-corrected chi connectivity index (χ0v) is 14.8. The molecular weight excluding hydrogens is 302 g/mol. The van der Waals surface area contributed by atoms with Crippen molar-refractivity contribution in [1.29, 1.82) is 0 Å². The Morgan fingerprint density at radius 2 is 1.67 bits per heavy atom. The van der Waals surface area contributed by atoms with Gasteiger partial charge in [-0.1, -0.05) is 19.3 Å². The first kappa shape index (κ1) is 17.7. The van der Waals surface area contributed by atoms with Crippen molar-refractivity contribution in [2.24, 2.45) is 17.6 Å². The summed E-state index contributed by atoms with van der Waals surface area (Å²) in [7, 11) is 0. The van der Waals surface area contributed by atoms with Crippen LogP contribution in [0, 0.1) is 11.8 Å². The van der Waals surface area contributed by atoms with Crippen LogP contribution in [0.15, 0.2) is 0 Å². The van der Waals surface area contributed by atoms with Gasteiger partial charge in [0.15, 0.2) is 0 Å². The minimum atomic E-state index is 0.141. The summed E-state index contributed by atoms with van der Waals surface area (Å²) in [6.07, 6.45) is 11.6. The molecule has 1 heterocycles. The number of carbonyl (C=O) groups excluding carboxylic acids is 2. The van der Waals surface area contributed by atoms with E-state index < -0.39 is 0 Å². The average molecular weight is 335 g/mol. The molecule has 24 heavy (non-hydrogen) atoms. The smallest absolute Gasteiger partial charge is 0.225 e. The largest absolute Gasteiger partial charge is 0.353 e. The molecule has 0 aromatic carbocycles. The van der Waals surface area contributed by atoms with Crippen molar-refractivity contribution in [3.63, 3.8) is 0 Å². The van der Waals surface area contributed by atoms with Gasteiger partial charge in [0.25, 0.3) is 0 Å². The topological polar surface area (TPSA) is 75.4 Å². The molecule has 0 spiro atoms. The number of nitrogens with two attached hydrogens (primary N) is 1. The van der Waals surface area contributed by atoms with Gasteiger partial charge in [0, 0.05) is 37.5 Å². The molecule has 5 heteroatoms. The van der Waals surface area contributed by atoms with E-state index >= 15 is 0 Å². The molecule has 1 aliphatic heterocycles. The molecule has 3 aliphatic rings. The fraction of sp³-hybridized carbons (Fsp3) is 0.895. The lowest BCUT2D eigenvalue weighted by atomic mass is 9.84. The predicted molar refractivity (Wildman–Crippen MR) is 94.3 cm³/mol. The summed E-state index contributed by atoms with van der Waals surface area (Å²) in [4.78, 5) is 26.7. The van der Waals surface area contributed by atoms with E-state index in [2.05, 4.69) is 5.32 Å². The molecule has 1 saturated heterocycles. The molecule has 0 bridgehead atoms. The first-order chi connectivity index (χ1) is 11.6. The third-order valence-corrected chi connectivity index (χ3v) is 6.18. The van der Waals surface area contributed by atoms with Crippen LogP contribution in [0.4, 0.5) is 0 Å². The molecular formula is C19H33N3O2. The Morgan fingerprint density at radius 1 is 0.958 bits per heavy atom. The quantitative estimate of drug-likeness (QED) is 0.827. The molecule has 0 aromatic heterocycles. The summed E-state index contributed by atoms with van der Waals surface area (Å²) >= 11 is 0. The van der Waals surface area contributed by atoms with Crippen LogP contribution in [0.1, 0.15) is 70.6 Å². The number of hydrogen-bond acceptors (Lipinski definition) is 3. The number of rotatable bonds is 4. The molecule has 2 amide bonds. The number of nitrogens with zero attached hydrogens (tertiary/aromatic N) is 1. The minimum absolute atomic E-state index is 0.141. The Bertz CT molecular complexity index is 440. The number of amides is 2. The molecule has 5 nitrogen and oxygen atoms in total. The SMILES string of the molecule is N[C@@H]1CCN(C(=O)C2CCC(NC(=O)CC3CCCCC3)CC2)C1. The zero-order chi connectivity index (χ0) is 16.9. The third-order valence-electron chi connectivity index (χ3n) is 6.18. The summed E-state index contributed by atoms with van der Waals surface area (Å²) in [5.41, 5.74) is 5.90. The third kappa shape index (κ3) is 4.71. The highest BCUT2D eigenvalue weighted by Gasteiger charge is 2.32. The van der Waals surface area contributed by atoms with Gasteiger partial charge in [0.05, 0.1) is 0 Å². The Balaban J connectivity index is 1.37. The molecule has 3 rings (SSSR count). The predicted octanol–water partition coefficient (Wildman–Crippen LogP) is 2.19. The van der Waals surface area contributed by atoms with E-state index in [0.29, 0.717) is 12.3 Å². The van der Waals surface area contributed by atoms with Crippen molar-refractivity contribution < 1.29 is 9.59 Å². The van der Waals surface area contributed by atoms with Gasteiger partial charge in [-0.05, 0) is 50.9 Å². The van der Waals surface area contributed by atoms with Crippen LogP contribution < -0.4 is 11.1 Å². The number of carbonyl (C=O) groups is 2. The fourth-order valence-corrected chi connectivity index (χ4v) is 4.67. The maximum atomic E-state index is 12.5. The van der Waals surface area contributed by atoms with Gasteiger partial charge in [0.2, 0.25) is 11.8 Å². The van der Waals surface area contributed by atoms with E-state index in [9.17, 15) is 9.59 Å². The van der Waals surface area contributed by atoms with Crippen LogP contribution in [-0.2, 0) is 9.59 Å². The highest BCUT2D eigenvalue weighted by Crippen LogP contribution is 2.29. The van der Waals surface area contributed by atoms with Crippen molar-refractivity contribution in [1.82, 2.24) is 10.2 Å². The van der Waals surface area contributed by atoms with Crippen LogP contribution in [-0.4, -0.2) is 41.9 Å². The summed E-state index contributed by atoms with van der Waals surface area (Å²) in [6.45, 7) is 1.54. The zero-order valence-electron chi connectivity index (χ0n) is 14.8. The van der Waals surface area contributed by atoms with Crippen LogP contribution >= 0.6 is 0 Å². The van der Waals surface area contributed by atoms with Crippen LogP contribution in [0.3, 0.4) is 0 Å². The number of nitrogens with one attached hydrogen (secondary N) is 1. The first-order valence-electron chi connectivity index (χ1n) is 9.95. The van der Waals surface area contributed by atoms with Gasteiger partial charge >= 0.3 is 0 Å². The highest BCUT2D eigenvalue weighted by atomic mass is 16.2.